The predicted molar refractivity (Wildman–Crippen MR) is 68.9 cm³/mol. The number of benzene rings is 1. The van der Waals surface area contributed by atoms with E-state index in [9.17, 15) is 14.7 Å². The minimum Gasteiger partial charge on any atom is -0.481 e. The molecular formula is C15H15NO3. The summed E-state index contributed by atoms with van der Waals surface area (Å²) in [4.78, 5) is 25.8. The highest BCUT2D eigenvalue weighted by Gasteiger charge is 2.70. The molecule has 1 amide bonds. The molecular weight excluding hydrogens is 242 g/mol. The largest absolute Gasteiger partial charge is 0.481 e. The van der Waals surface area contributed by atoms with Gasteiger partial charge in [0.2, 0.25) is 5.91 Å². The standard InChI is InChI=1S/C15H15NO3/c17-13(18)11-7-15(11)10-3-1-2-4-12(10)16(14(15)19)8-9-5-6-9/h1-4,9,11H,5-8H2,(H,17,18)/t11-,15-/m1/s1. The number of anilines is 1. The number of amides is 1. The number of nitrogens with zero attached hydrogens (tertiary/aromatic N) is 1. The van der Waals surface area contributed by atoms with Crippen LogP contribution in [0.3, 0.4) is 0 Å². The van der Waals surface area contributed by atoms with Gasteiger partial charge in [0.25, 0.3) is 0 Å². The van der Waals surface area contributed by atoms with Crippen molar-refractivity contribution in [1.29, 1.82) is 0 Å². The maximum absolute atomic E-state index is 12.7. The summed E-state index contributed by atoms with van der Waals surface area (Å²) in [6, 6.07) is 7.68. The van der Waals surface area contributed by atoms with E-state index >= 15 is 0 Å². The molecule has 3 aliphatic rings. The number of aliphatic carboxylic acids is 1. The number of para-hydroxylation sites is 1. The number of fused-ring (bicyclic) bond motifs is 2. The van der Waals surface area contributed by atoms with Crippen LogP contribution in [0.5, 0.6) is 0 Å². The van der Waals surface area contributed by atoms with Crippen LogP contribution < -0.4 is 4.90 Å². The number of carbonyl (C=O) groups excluding carboxylic acids is 1. The van der Waals surface area contributed by atoms with Gasteiger partial charge in [-0.1, -0.05) is 18.2 Å². The maximum atomic E-state index is 12.7. The summed E-state index contributed by atoms with van der Waals surface area (Å²) in [7, 11) is 0. The highest BCUT2D eigenvalue weighted by Crippen LogP contribution is 2.62. The second kappa shape index (κ2) is 3.38. The van der Waals surface area contributed by atoms with E-state index in [4.69, 9.17) is 0 Å². The smallest absolute Gasteiger partial charge is 0.307 e. The molecule has 1 spiro atoms. The van der Waals surface area contributed by atoms with Crippen molar-refractivity contribution in [1.82, 2.24) is 0 Å². The third kappa shape index (κ3) is 1.34. The monoisotopic (exact) mass is 257 g/mol. The quantitative estimate of drug-likeness (QED) is 0.898. The molecule has 98 valence electrons. The first kappa shape index (κ1) is 11.0. The SMILES string of the molecule is O=C(O)[C@H]1C[C@]12C(=O)N(CC1CC1)c1ccccc12. The van der Waals surface area contributed by atoms with Crippen molar-refractivity contribution in [2.24, 2.45) is 11.8 Å². The molecule has 0 unspecified atom stereocenters. The molecule has 1 aromatic rings. The fourth-order valence-corrected chi connectivity index (χ4v) is 3.39. The zero-order valence-corrected chi connectivity index (χ0v) is 10.5. The van der Waals surface area contributed by atoms with Crippen molar-refractivity contribution in [2.45, 2.75) is 24.7 Å². The molecule has 2 saturated carbocycles. The van der Waals surface area contributed by atoms with Gasteiger partial charge in [0, 0.05) is 12.2 Å². The van der Waals surface area contributed by atoms with Gasteiger partial charge in [-0.15, -0.1) is 0 Å². The molecule has 2 aliphatic carbocycles. The van der Waals surface area contributed by atoms with Gasteiger partial charge in [-0.3, -0.25) is 9.59 Å². The van der Waals surface area contributed by atoms with Gasteiger partial charge in [-0.05, 0) is 36.8 Å². The molecule has 4 rings (SSSR count). The van der Waals surface area contributed by atoms with Crippen LogP contribution >= 0.6 is 0 Å². The average molecular weight is 257 g/mol. The van der Waals surface area contributed by atoms with Crippen LogP contribution in [0.2, 0.25) is 0 Å². The Hall–Kier alpha value is -1.84. The number of carboxylic acids is 1. The topological polar surface area (TPSA) is 57.6 Å². The molecule has 1 heterocycles. The van der Waals surface area contributed by atoms with E-state index in [-0.39, 0.29) is 5.91 Å². The van der Waals surface area contributed by atoms with Gasteiger partial charge >= 0.3 is 5.97 Å². The van der Waals surface area contributed by atoms with Crippen LogP contribution in [-0.4, -0.2) is 23.5 Å². The highest BCUT2D eigenvalue weighted by atomic mass is 16.4. The lowest BCUT2D eigenvalue weighted by Crippen LogP contribution is -2.35. The first-order chi connectivity index (χ1) is 9.14. The Morgan fingerprint density at radius 3 is 2.74 bits per heavy atom. The molecule has 0 bridgehead atoms. The second-order valence-electron chi connectivity index (χ2n) is 5.94. The molecule has 1 N–H and O–H groups in total. The minimum atomic E-state index is -0.851. The lowest BCUT2D eigenvalue weighted by molar-refractivity contribution is -0.140. The van der Waals surface area contributed by atoms with Crippen LogP contribution in [0.4, 0.5) is 5.69 Å². The molecule has 0 aromatic heterocycles. The molecule has 1 aliphatic heterocycles. The number of rotatable bonds is 3. The van der Waals surface area contributed by atoms with E-state index in [1.165, 1.54) is 12.8 Å². The third-order valence-electron chi connectivity index (χ3n) is 4.70. The molecule has 0 saturated heterocycles. The van der Waals surface area contributed by atoms with Crippen molar-refractivity contribution in [2.75, 3.05) is 11.4 Å². The van der Waals surface area contributed by atoms with Gasteiger partial charge in [0.15, 0.2) is 0 Å². The van der Waals surface area contributed by atoms with Gasteiger partial charge < -0.3 is 10.0 Å². The maximum Gasteiger partial charge on any atom is 0.307 e. The second-order valence-corrected chi connectivity index (χ2v) is 5.94. The Labute approximate surface area is 111 Å². The molecule has 1 aromatic carbocycles. The van der Waals surface area contributed by atoms with Crippen molar-refractivity contribution in [3.8, 4) is 0 Å². The average Bonchev–Trinajstić information content (AvgIpc) is 3.28. The van der Waals surface area contributed by atoms with Crippen molar-refractivity contribution in [3.63, 3.8) is 0 Å². The summed E-state index contributed by atoms with van der Waals surface area (Å²) in [5, 5.41) is 9.23. The number of carbonyl (C=O) groups is 2. The summed E-state index contributed by atoms with van der Waals surface area (Å²) in [6.07, 6.45) is 2.82. The van der Waals surface area contributed by atoms with Crippen molar-refractivity contribution >= 4 is 17.6 Å². The minimum absolute atomic E-state index is 0.00741. The highest BCUT2D eigenvalue weighted by molar-refractivity contribution is 6.13. The Balaban J connectivity index is 1.78. The molecule has 2 atom stereocenters. The van der Waals surface area contributed by atoms with Crippen LogP contribution in [-0.2, 0) is 15.0 Å². The van der Waals surface area contributed by atoms with E-state index in [2.05, 4.69) is 0 Å². The Morgan fingerprint density at radius 1 is 1.37 bits per heavy atom. The number of hydrogen-bond donors (Lipinski definition) is 1. The zero-order valence-electron chi connectivity index (χ0n) is 10.5. The van der Waals surface area contributed by atoms with Gasteiger partial charge in [-0.2, -0.15) is 0 Å². The first-order valence-electron chi connectivity index (χ1n) is 6.79. The third-order valence-corrected chi connectivity index (χ3v) is 4.70. The molecule has 0 radical (unpaired) electrons. The lowest BCUT2D eigenvalue weighted by Gasteiger charge is -2.17. The summed E-state index contributed by atoms with van der Waals surface area (Å²) in [5.74, 6) is -0.774. The summed E-state index contributed by atoms with van der Waals surface area (Å²) < 4.78 is 0. The lowest BCUT2D eigenvalue weighted by atomic mass is 9.95. The van der Waals surface area contributed by atoms with E-state index < -0.39 is 17.3 Å². The molecule has 4 heteroatoms. The van der Waals surface area contributed by atoms with Crippen LogP contribution in [0, 0.1) is 11.8 Å². The van der Waals surface area contributed by atoms with Crippen LogP contribution in [0.15, 0.2) is 24.3 Å². The van der Waals surface area contributed by atoms with Gasteiger partial charge in [0.05, 0.1) is 11.3 Å². The van der Waals surface area contributed by atoms with E-state index in [0.717, 1.165) is 17.8 Å². The van der Waals surface area contributed by atoms with Crippen LogP contribution in [0.25, 0.3) is 0 Å². The summed E-state index contributed by atoms with van der Waals surface area (Å²) >= 11 is 0. The van der Waals surface area contributed by atoms with E-state index in [0.29, 0.717) is 12.3 Å². The van der Waals surface area contributed by atoms with Crippen molar-refractivity contribution < 1.29 is 14.7 Å². The zero-order chi connectivity index (χ0) is 13.2. The van der Waals surface area contributed by atoms with Gasteiger partial charge in [0.1, 0.15) is 0 Å². The number of carboxylic acid groups (broad SMARTS) is 1. The van der Waals surface area contributed by atoms with Crippen LogP contribution in [0.1, 0.15) is 24.8 Å². The predicted octanol–water partition coefficient (Wildman–Crippen LogP) is 1.79. The number of hydrogen-bond acceptors (Lipinski definition) is 2. The normalized spacial score (nSPS) is 31.7. The first-order valence-corrected chi connectivity index (χ1v) is 6.79. The molecule has 19 heavy (non-hydrogen) atoms. The fraction of sp³-hybridized carbons (Fsp3) is 0.467. The summed E-state index contributed by atoms with van der Waals surface area (Å²) in [6.45, 7) is 0.754. The molecule has 2 fully saturated rings. The van der Waals surface area contributed by atoms with Crippen molar-refractivity contribution in [3.05, 3.63) is 29.8 Å². The van der Waals surface area contributed by atoms with E-state index in [1.807, 2.05) is 29.2 Å². The summed E-state index contributed by atoms with van der Waals surface area (Å²) in [5.41, 5.74) is 1.10. The Morgan fingerprint density at radius 2 is 2.11 bits per heavy atom. The Kier molecular flexibility index (Phi) is 1.96. The Bertz CT molecular complexity index is 593. The van der Waals surface area contributed by atoms with Gasteiger partial charge in [-0.25, -0.2) is 0 Å². The fourth-order valence-electron chi connectivity index (χ4n) is 3.39. The van der Waals surface area contributed by atoms with E-state index in [1.54, 1.807) is 0 Å². The molecule has 4 nitrogen and oxygen atoms in total.